The van der Waals surface area contributed by atoms with Gasteiger partial charge in [0.05, 0.1) is 35.8 Å². The van der Waals surface area contributed by atoms with Gasteiger partial charge in [-0.05, 0) is 24.1 Å². The second-order valence-corrected chi connectivity index (χ2v) is 6.25. The highest BCUT2D eigenvalue weighted by molar-refractivity contribution is 5.44. The number of pyridine rings is 1. The average Bonchev–Trinajstić information content (AvgIpc) is 2.87. The van der Waals surface area contributed by atoms with Crippen LogP contribution in [0.15, 0.2) is 42.7 Å². The molecule has 1 aromatic carbocycles. The summed E-state index contributed by atoms with van der Waals surface area (Å²) in [6, 6.07) is 10.6. The number of rotatable bonds is 4. The molecule has 1 aliphatic rings. The third-order valence-corrected chi connectivity index (χ3v) is 4.50. The molecule has 0 spiro atoms. The Labute approximate surface area is 146 Å². The third kappa shape index (κ3) is 4.53. The lowest BCUT2D eigenvalue weighted by Gasteiger charge is -2.25. The summed E-state index contributed by atoms with van der Waals surface area (Å²) in [5, 5.41) is 19.3. The van der Waals surface area contributed by atoms with Crippen LogP contribution in [0.1, 0.15) is 23.7 Å². The van der Waals surface area contributed by atoms with Gasteiger partial charge in [-0.15, -0.1) is 0 Å². The SMILES string of the molecule is N#Cc1ccc(C(O)CN2CCCN(c3cncc(F)c3)CC2)cc1. The van der Waals surface area contributed by atoms with E-state index < -0.39 is 6.10 Å². The first-order valence-electron chi connectivity index (χ1n) is 8.41. The standard InChI is InChI=1S/C19H21FN4O/c20-17-10-18(13-22-12-17)24-7-1-6-23(8-9-24)14-19(25)16-4-2-15(11-21)3-5-16/h2-5,10,12-13,19,25H,1,6-9,14H2. The highest BCUT2D eigenvalue weighted by Crippen LogP contribution is 2.19. The van der Waals surface area contributed by atoms with Gasteiger partial charge in [-0.2, -0.15) is 5.26 Å². The molecule has 2 heterocycles. The van der Waals surface area contributed by atoms with Crippen molar-refractivity contribution in [2.45, 2.75) is 12.5 Å². The molecule has 1 aliphatic heterocycles. The molecule has 0 amide bonds. The van der Waals surface area contributed by atoms with Crippen LogP contribution < -0.4 is 4.90 Å². The van der Waals surface area contributed by atoms with E-state index in [2.05, 4.69) is 20.9 Å². The van der Waals surface area contributed by atoms with Crippen molar-refractivity contribution in [3.8, 4) is 6.07 Å². The number of halogens is 1. The van der Waals surface area contributed by atoms with Gasteiger partial charge in [-0.25, -0.2) is 4.39 Å². The second kappa shape index (κ2) is 8.06. The zero-order valence-electron chi connectivity index (χ0n) is 14.0. The van der Waals surface area contributed by atoms with Gasteiger partial charge >= 0.3 is 0 Å². The Balaban J connectivity index is 1.58. The summed E-state index contributed by atoms with van der Waals surface area (Å²) < 4.78 is 13.4. The maximum Gasteiger partial charge on any atom is 0.143 e. The topological polar surface area (TPSA) is 63.4 Å². The fourth-order valence-electron chi connectivity index (χ4n) is 3.12. The van der Waals surface area contributed by atoms with Crippen molar-refractivity contribution in [2.75, 3.05) is 37.6 Å². The Morgan fingerprint density at radius 1 is 1.16 bits per heavy atom. The Hall–Kier alpha value is -2.49. The van der Waals surface area contributed by atoms with Gasteiger partial charge in [0.15, 0.2) is 0 Å². The van der Waals surface area contributed by atoms with Gasteiger partial charge in [-0.1, -0.05) is 12.1 Å². The summed E-state index contributed by atoms with van der Waals surface area (Å²) >= 11 is 0. The van der Waals surface area contributed by atoms with E-state index in [1.165, 1.54) is 12.3 Å². The maximum absolute atomic E-state index is 13.4. The Morgan fingerprint density at radius 2 is 1.96 bits per heavy atom. The summed E-state index contributed by atoms with van der Waals surface area (Å²) in [5.41, 5.74) is 2.20. The maximum atomic E-state index is 13.4. The summed E-state index contributed by atoms with van der Waals surface area (Å²) in [6.45, 7) is 3.83. The van der Waals surface area contributed by atoms with Gasteiger partial charge < -0.3 is 10.0 Å². The molecule has 1 N–H and O–H groups in total. The van der Waals surface area contributed by atoms with Gasteiger partial charge in [0.1, 0.15) is 5.82 Å². The molecule has 1 aromatic heterocycles. The Morgan fingerprint density at radius 3 is 2.68 bits per heavy atom. The lowest BCUT2D eigenvalue weighted by molar-refractivity contribution is 0.117. The van der Waals surface area contributed by atoms with E-state index in [1.54, 1.807) is 30.5 Å². The van der Waals surface area contributed by atoms with Crippen LogP contribution in [-0.2, 0) is 0 Å². The van der Waals surface area contributed by atoms with Crippen LogP contribution in [0, 0.1) is 17.1 Å². The molecule has 1 saturated heterocycles. The predicted molar refractivity (Wildman–Crippen MR) is 93.6 cm³/mol. The molecule has 1 fully saturated rings. The molecule has 2 aromatic rings. The minimum absolute atomic E-state index is 0.324. The van der Waals surface area contributed by atoms with Crippen molar-refractivity contribution in [1.29, 1.82) is 5.26 Å². The summed E-state index contributed by atoms with van der Waals surface area (Å²) in [7, 11) is 0. The van der Waals surface area contributed by atoms with E-state index in [0.717, 1.165) is 43.9 Å². The van der Waals surface area contributed by atoms with Crippen LogP contribution in [0.4, 0.5) is 10.1 Å². The second-order valence-electron chi connectivity index (χ2n) is 6.25. The normalized spacial score (nSPS) is 16.9. The van der Waals surface area contributed by atoms with Gasteiger partial charge in [0.25, 0.3) is 0 Å². The molecular formula is C19H21FN4O. The molecule has 5 nitrogen and oxygen atoms in total. The van der Waals surface area contributed by atoms with Crippen LogP contribution >= 0.6 is 0 Å². The predicted octanol–water partition coefficient (Wildman–Crippen LogP) is 2.34. The van der Waals surface area contributed by atoms with E-state index in [0.29, 0.717) is 12.1 Å². The monoisotopic (exact) mass is 340 g/mol. The van der Waals surface area contributed by atoms with E-state index in [4.69, 9.17) is 5.26 Å². The molecule has 130 valence electrons. The van der Waals surface area contributed by atoms with Gasteiger partial charge in [0, 0.05) is 38.8 Å². The fourth-order valence-corrected chi connectivity index (χ4v) is 3.12. The smallest absolute Gasteiger partial charge is 0.143 e. The number of aliphatic hydroxyl groups is 1. The van der Waals surface area contributed by atoms with Crippen molar-refractivity contribution in [3.63, 3.8) is 0 Å². The van der Waals surface area contributed by atoms with E-state index >= 15 is 0 Å². The Bertz CT molecular complexity index is 744. The van der Waals surface area contributed by atoms with Crippen LogP contribution in [0.2, 0.25) is 0 Å². The molecular weight excluding hydrogens is 319 g/mol. The number of anilines is 1. The molecule has 1 unspecified atom stereocenters. The van der Waals surface area contributed by atoms with Gasteiger partial charge in [0.2, 0.25) is 0 Å². The van der Waals surface area contributed by atoms with Crippen LogP contribution in [-0.4, -0.2) is 47.7 Å². The summed E-state index contributed by atoms with van der Waals surface area (Å²) in [5.74, 6) is -0.324. The first-order valence-corrected chi connectivity index (χ1v) is 8.41. The minimum atomic E-state index is -0.588. The first-order chi connectivity index (χ1) is 12.2. The van der Waals surface area contributed by atoms with Crippen LogP contribution in [0.5, 0.6) is 0 Å². The molecule has 0 bridgehead atoms. The molecule has 0 radical (unpaired) electrons. The fraction of sp³-hybridized carbons (Fsp3) is 0.368. The number of aromatic nitrogens is 1. The van der Waals surface area contributed by atoms with Crippen molar-refractivity contribution >= 4 is 5.69 Å². The molecule has 6 heteroatoms. The number of nitriles is 1. The van der Waals surface area contributed by atoms with Crippen molar-refractivity contribution in [2.24, 2.45) is 0 Å². The molecule has 25 heavy (non-hydrogen) atoms. The highest BCUT2D eigenvalue weighted by Gasteiger charge is 2.19. The van der Waals surface area contributed by atoms with Crippen molar-refractivity contribution < 1.29 is 9.50 Å². The third-order valence-electron chi connectivity index (χ3n) is 4.50. The first kappa shape index (κ1) is 17.3. The number of β-amino-alcohol motifs (C(OH)–C–C–N with tert-alkyl or cyclic N) is 1. The molecule has 0 saturated carbocycles. The number of aliphatic hydroxyl groups excluding tert-OH is 1. The van der Waals surface area contributed by atoms with Gasteiger partial charge in [-0.3, -0.25) is 9.88 Å². The highest BCUT2D eigenvalue weighted by atomic mass is 19.1. The quantitative estimate of drug-likeness (QED) is 0.925. The molecule has 3 rings (SSSR count). The number of benzene rings is 1. The zero-order valence-corrected chi connectivity index (χ0v) is 14.0. The lowest BCUT2D eigenvalue weighted by Crippen LogP contribution is -2.33. The number of hydrogen-bond donors (Lipinski definition) is 1. The number of hydrogen-bond acceptors (Lipinski definition) is 5. The van der Waals surface area contributed by atoms with E-state index in [-0.39, 0.29) is 5.82 Å². The largest absolute Gasteiger partial charge is 0.387 e. The van der Waals surface area contributed by atoms with Crippen LogP contribution in [0.3, 0.4) is 0 Å². The zero-order chi connectivity index (χ0) is 17.6. The van der Waals surface area contributed by atoms with E-state index in [1.807, 2.05) is 0 Å². The lowest BCUT2D eigenvalue weighted by atomic mass is 10.1. The van der Waals surface area contributed by atoms with Crippen LogP contribution in [0.25, 0.3) is 0 Å². The molecule has 0 aliphatic carbocycles. The van der Waals surface area contributed by atoms with Crippen molar-refractivity contribution in [3.05, 3.63) is 59.7 Å². The average molecular weight is 340 g/mol. The number of nitrogens with zero attached hydrogens (tertiary/aromatic N) is 4. The minimum Gasteiger partial charge on any atom is -0.387 e. The van der Waals surface area contributed by atoms with E-state index in [9.17, 15) is 9.50 Å². The van der Waals surface area contributed by atoms with Crippen molar-refractivity contribution in [1.82, 2.24) is 9.88 Å². The Kier molecular flexibility index (Phi) is 5.59. The summed E-state index contributed by atoms with van der Waals surface area (Å²) in [6.07, 6.45) is 3.25. The molecule has 1 atom stereocenters. The summed E-state index contributed by atoms with van der Waals surface area (Å²) in [4.78, 5) is 8.27.